The Labute approximate surface area is 303 Å². The summed E-state index contributed by atoms with van der Waals surface area (Å²) in [6.07, 6.45) is 20.0. The van der Waals surface area contributed by atoms with Gasteiger partial charge in [-0.3, -0.25) is 14.4 Å². The van der Waals surface area contributed by atoms with Gasteiger partial charge >= 0.3 is 6.18 Å². The monoisotopic (exact) mass is 709 g/mol. The number of unbranched alkanes of at least 4 members (excludes halogenated alkanes) is 20. The molecule has 1 aromatic rings. The minimum Gasteiger partial charge on any atom is -0.339 e. The van der Waals surface area contributed by atoms with Crippen LogP contribution < -0.4 is 0 Å². The molecule has 0 heterocycles. The van der Waals surface area contributed by atoms with Crippen LogP contribution in [0.3, 0.4) is 0 Å². The van der Waals surface area contributed by atoms with Gasteiger partial charge in [-0.2, -0.15) is 13.2 Å². The molecule has 0 fully saturated rings. The Morgan fingerprint density at radius 1 is 0.460 bits per heavy atom. The number of halogens is 3. The first-order chi connectivity index (χ1) is 24.1. The zero-order valence-electron chi connectivity index (χ0n) is 32.3. The first-order valence-electron chi connectivity index (χ1n) is 20.5. The lowest BCUT2D eigenvalue weighted by molar-refractivity contribution is -0.0885. The second-order valence-electron chi connectivity index (χ2n) is 14.2. The average Bonchev–Trinajstić information content (AvgIpc) is 3.10. The van der Waals surface area contributed by atoms with Crippen molar-refractivity contribution in [1.29, 1.82) is 0 Å². The summed E-state index contributed by atoms with van der Waals surface area (Å²) >= 11 is 0. The number of nitrogens with zero attached hydrogens (tertiary/aromatic N) is 2. The molecular formula is C42H71F3N2O3. The van der Waals surface area contributed by atoms with Gasteiger partial charge in [-0.25, -0.2) is 0 Å². The van der Waals surface area contributed by atoms with E-state index in [1.54, 1.807) is 9.80 Å². The SMILES string of the molecule is CCCCCCCCN(CCCCCCCC)C(=O)c1ccc(C(=O)C(F)(F)F)c(C(=O)N(CCCCCCCC)CCCCCCCC)c1. The molecule has 0 unspecified atom stereocenters. The van der Waals surface area contributed by atoms with Crippen LogP contribution in [0.5, 0.6) is 0 Å². The fourth-order valence-corrected chi connectivity index (χ4v) is 6.52. The third-order valence-corrected chi connectivity index (χ3v) is 9.70. The predicted octanol–water partition coefficient (Wildman–Crippen LogP) is 12.8. The molecule has 0 aromatic heterocycles. The summed E-state index contributed by atoms with van der Waals surface area (Å²) in [7, 11) is 0. The quantitative estimate of drug-likeness (QED) is 0.0570. The van der Waals surface area contributed by atoms with Gasteiger partial charge < -0.3 is 9.80 Å². The number of benzene rings is 1. The van der Waals surface area contributed by atoms with E-state index in [1.165, 1.54) is 25.0 Å². The van der Waals surface area contributed by atoms with Crippen LogP contribution in [0.2, 0.25) is 0 Å². The molecular weight excluding hydrogens is 637 g/mol. The normalized spacial score (nSPS) is 11.6. The van der Waals surface area contributed by atoms with E-state index in [4.69, 9.17) is 0 Å². The summed E-state index contributed by atoms with van der Waals surface area (Å²) in [6.45, 7) is 10.6. The number of carbonyl (C=O) groups excluding carboxylic acids is 3. The van der Waals surface area contributed by atoms with E-state index in [1.807, 2.05) is 0 Å². The molecule has 0 radical (unpaired) electrons. The predicted molar refractivity (Wildman–Crippen MR) is 202 cm³/mol. The highest BCUT2D eigenvalue weighted by Gasteiger charge is 2.41. The first-order valence-corrected chi connectivity index (χ1v) is 20.5. The number of hydrogen-bond acceptors (Lipinski definition) is 3. The summed E-state index contributed by atoms with van der Waals surface area (Å²) in [6, 6.07) is 3.63. The highest BCUT2D eigenvalue weighted by atomic mass is 19.4. The van der Waals surface area contributed by atoms with Crippen LogP contribution in [0, 0.1) is 0 Å². The van der Waals surface area contributed by atoms with Crippen molar-refractivity contribution in [1.82, 2.24) is 9.80 Å². The van der Waals surface area contributed by atoms with Crippen LogP contribution in [0.4, 0.5) is 13.2 Å². The van der Waals surface area contributed by atoms with Crippen molar-refractivity contribution in [3.05, 3.63) is 34.9 Å². The van der Waals surface area contributed by atoms with Crippen molar-refractivity contribution in [3.8, 4) is 0 Å². The number of Topliss-reactive ketones (excluding diaryl/α,β-unsaturated/α-hetero) is 1. The molecule has 50 heavy (non-hydrogen) atoms. The molecule has 0 aliphatic heterocycles. The number of hydrogen-bond donors (Lipinski definition) is 0. The lowest BCUT2D eigenvalue weighted by Gasteiger charge is -2.26. The van der Waals surface area contributed by atoms with Crippen LogP contribution in [-0.2, 0) is 0 Å². The van der Waals surface area contributed by atoms with E-state index in [2.05, 4.69) is 27.7 Å². The molecule has 0 aliphatic carbocycles. The molecule has 5 nitrogen and oxygen atoms in total. The second kappa shape index (κ2) is 28.2. The topological polar surface area (TPSA) is 57.7 Å². The molecule has 1 rings (SSSR count). The maximum atomic E-state index is 14.2. The summed E-state index contributed by atoms with van der Waals surface area (Å²) < 4.78 is 41.5. The van der Waals surface area contributed by atoms with Crippen LogP contribution in [0.25, 0.3) is 0 Å². The maximum absolute atomic E-state index is 14.2. The van der Waals surface area contributed by atoms with Crippen molar-refractivity contribution >= 4 is 17.6 Å². The lowest BCUT2D eigenvalue weighted by atomic mass is 9.97. The average molecular weight is 709 g/mol. The Balaban J connectivity index is 3.34. The molecule has 8 heteroatoms. The number of rotatable bonds is 31. The van der Waals surface area contributed by atoms with Crippen LogP contribution >= 0.6 is 0 Å². The first kappa shape index (κ1) is 45.6. The van der Waals surface area contributed by atoms with E-state index in [-0.39, 0.29) is 17.0 Å². The fraction of sp³-hybridized carbons (Fsp3) is 0.786. The summed E-state index contributed by atoms with van der Waals surface area (Å²) in [5.41, 5.74) is -0.814. The minimum absolute atomic E-state index is 0.170. The number of amides is 2. The molecule has 0 atom stereocenters. The van der Waals surface area contributed by atoms with Gasteiger partial charge in [0.15, 0.2) is 0 Å². The minimum atomic E-state index is -5.13. The molecule has 0 bridgehead atoms. The molecule has 2 amide bonds. The third kappa shape index (κ3) is 19.3. The smallest absolute Gasteiger partial charge is 0.339 e. The Hall–Kier alpha value is -2.38. The van der Waals surface area contributed by atoms with Gasteiger partial charge in [0.1, 0.15) is 0 Å². The number of carbonyl (C=O) groups is 3. The Morgan fingerprint density at radius 3 is 1.12 bits per heavy atom. The number of ketones is 1. The van der Waals surface area contributed by atoms with Gasteiger partial charge in [0.05, 0.1) is 5.56 Å². The highest BCUT2D eigenvalue weighted by Crippen LogP contribution is 2.27. The molecule has 0 saturated carbocycles. The summed E-state index contributed by atoms with van der Waals surface area (Å²) in [5.74, 6) is -2.92. The lowest BCUT2D eigenvalue weighted by Crippen LogP contribution is -2.36. The molecule has 0 spiro atoms. The van der Waals surface area contributed by atoms with Gasteiger partial charge in [0.25, 0.3) is 17.6 Å². The summed E-state index contributed by atoms with van der Waals surface area (Å²) in [4.78, 5) is 44.2. The fourth-order valence-electron chi connectivity index (χ4n) is 6.52. The van der Waals surface area contributed by atoms with Crippen molar-refractivity contribution in [2.45, 2.75) is 188 Å². The Bertz CT molecular complexity index is 1030. The van der Waals surface area contributed by atoms with Crippen molar-refractivity contribution in [2.75, 3.05) is 26.2 Å². The Kier molecular flexibility index (Phi) is 25.8. The van der Waals surface area contributed by atoms with E-state index in [0.717, 1.165) is 147 Å². The maximum Gasteiger partial charge on any atom is 0.454 e. The summed E-state index contributed by atoms with van der Waals surface area (Å²) in [5, 5.41) is 0. The van der Waals surface area contributed by atoms with Gasteiger partial charge in [0.2, 0.25) is 0 Å². The Morgan fingerprint density at radius 2 is 0.780 bits per heavy atom. The van der Waals surface area contributed by atoms with E-state index >= 15 is 0 Å². The molecule has 288 valence electrons. The largest absolute Gasteiger partial charge is 0.454 e. The van der Waals surface area contributed by atoms with Crippen molar-refractivity contribution < 1.29 is 27.6 Å². The van der Waals surface area contributed by atoms with Gasteiger partial charge in [-0.05, 0) is 43.9 Å². The van der Waals surface area contributed by atoms with Crippen LogP contribution in [-0.4, -0.2) is 59.8 Å². The van der Waals surface area contributed by atoms with E-state index in [0.29, 0.717) is 26.2 Å². The van der Waals surface area contributed by atoms with Gasteiger partial charge in [0, 0.05) is 37.3 Å². The molecule has 0 N–H and O–H groups in total. The van der Waals surface area contributed by atoms with Gasteiger partial charge in [-0.1, -0.05) is 156 Å². The zero-order chi connectivity index (χ0) is 37.0. The van der Waals surface area contributed by atoms with Crippen LogP contribution in [0.1, 0.15) is 213 Å². The molecule has 1 aromatic carbocycles. The second-order valence-corrected chi connectivity index (χ2v) is 14.2. The molecule has 0 saturated heterocycles. The molecule has 0 aliphatic rings. The third-order valence-electron chi connectivity index (χ3n) is 9.70. The van der Waals surface area contributed by atoms with Crippen LogP contribution in [0.15, 0.2) is 18.2 Å². The van der Waals surface area contributed by atoms with E-state index < -0.39 is 23.4 Å². The number of alkyl halides is 3. The standard InChI is InChI=1S/C42H71F3N2O3/c1-5-9-13-17-21-25-31-46(32-26-22-18-14-10-6-2)40(49)36-29-30-37(39(48)42(43,44)45)38(35-36)41(50)47(33-27-23-19-15-11-7-3)34-28-24-20-16-12-8-4/h29-30,35H,5-28,31-34H2,1-4H3. The highest BCUT2D eigenvalue weighted by molar-refractivity contribution is 6.11. The van der Waals surface area contributed by atoms with E-state index in [9.17, 15) is 27.6 Å². The van der Waals surface area contributed by atoms with Gasteiger partial charge in [-0.15, -0.1) is 0 Å². The van der Waals surface area contributed by atoms with Crippen molar-refractivity contribution in [2.24, 2.45) is 0 Å². The zero-order valence-corrected chi connectivity index (χ0v) is 32.3. The van der Waals surface area contributed by atoms with Crippen molar-refractivity contribution in [3.63, 3.8) is 0 Å².